The fraction of sp³-hybridized carbons (Fsp3) is 0.568. The van der Waals surface area contributed by atoms with Gasteiger partial charge in [0.25, 0.3) is 0 Å². The Morgan fingerprint density at radius 3 is 2.17 bits per heavy atom. The number of benzene rings is 2. The molecule has 2 fully saturated rings. The SMILES string of the molecule is CCC(=O)N[C@@H](C(=O)N1CCN(C)CC1)[C@@H](C)c1ccc(NC(=O)[C@@H](CC(=O)[C@@H](C)c2ccc(OC)cc2)C2CCCCC2)c(F)c1. The van der Waals surface area contributed by atoms with E-state index in [1.165, 1.54) is 12.1 Å². The Labute approximate surface area is 278 Å². The number of methoxy groups -OCH3 is 1. The Kier molecular flexibility index (Phi) is 12.9. The number of piperazine rings is 1. The van der Waals surface area contributed by atoms with Crippen LogP contribution >= 0.6 is 0 Å². The lowest BCUT2D eigenvalue weighted by Crippen LogP contribution is -2.55. The van der Waals surface area contributed by atoms with Gasteiger partial charge in [-0.25, -0.2) is 4.39 Å². The first-order chi connectivity index (χ1) is 22.5. The minimum absolute atomic E-state index is 0.0296. The van der Waals surface area contributed by atoms with Crippen LogP contribution in [-0.2, 0) is 19.2 Å². The molecule has 256 valence electrons. The highest BCUT2D eigenvalue weighted by atomic mass is 19.1. The van der Waals surface area contributed by atoms with Gasteiger partial charge in [0.2, 0.25) is 17.7 Å². The van der Waals surface area contributed by atoms with Crippen molar-refractivity contribution >= 4 is 29.2 Å². The van der Waals surface area contributed by atoms with Gasteiger partial charge in [-0.3, -0.25) is 19.2 Å². The van der Waals surface area contributed by atoms with Crippen molar-refractivity contribution in [1.82, 2.24) is 15.1 Å². The van der Waals surface area contributed by atoms with E-state index in [0.29, 0.717) is 24.4 Å². The summed E-state index contributed by atoms with van der Waals surface area (Å²) in [5.41, 5.74) is 1.42. The van der Waals surface area contributed by atoms with Gasteiger partial charge in [0.15, 0.2) is 0 Å². The fourth-order valence-electron chi connectivity index (χ4n) is 6.72. The molecule has 2 aromatic rings. The highest BCUT2D eigenvalue weighted by molar-refractivity contribution is 5.97. The second-order valence-corrected chi connectivity index (χ2v) is 13.2. The van der Waals surface area contributed by atoms with Gasteiger partial charge in [-0.15, -0.1) is 0 Å². The van der Waals surface area contributed by atoms with Gasteiger partial charge in [0.05, 0.1) is 12.8 Å². The molecular weight excluding hydrogens is 599 g/mol. The molecular formula is C37H51FN4O5. The zero-order chi connectivity index (χ0) is 34.1. The summed E-state index contributed by atoms with van der Waals surface area (Å²) in [4.78, 5) is 57.1. The number of ketones is 1. The summed E-state index contributed by atoms with van der Waals surface area (Å²) in [5, 5.41) is 5.65. The van der Waals surface area contributed by atoms with Crippen LogP contribution in [0.2, 0.25) is 0 Å². The third kappa shape index (κ3) is 9.40. The maximum atomic E-state index is 15.7. The summed E-state index contributed by atoms with van der Waals surface area (Å²) >= 11 is 0. The summed E-state index contributed by atoms with van der Waals surface area (Å²) in [7, 11) is 3.59. The second kappa shape index (κ2) is 16.9. The first-order valence-electron chi connectivity index (χ1n) is 17.1. The van der Waals surface area contributed by atoms with Crippen LogP contribution in [0, 0.1) is 17.7 Å². The van der Waals surface area contributed by atoms with E-state index in [1.807, 2.05) is 38.2 Å². The molecule has 0 bridgehead atoms. The molecule has 10 heteroatoms. The summed E-state index contributed by atoms with van der Waals surface area (Å²) in [5.74, 6) is -2.18. The van der Waals surface area contributed by atoms with E-state index in [2.05, 4.69) is 15.5 Å². The number of anilines is 1. The molecule has 0 unspecified atom stereocenters. The highest BCUT2D eigenvalue weighted by Crippen LogP contribution is 2.35. The molecule has 2 N–H and O–H groups in total. The average Bonchev–Trinajstić information content (AvgIpc) is 3.09. The monoisotopic (exact) mass is 650 g/mol. The van der Waals surface area contributed by atoms with Gasteiger partial charge in [-0.1, -0.05) is 58.2 Å². The number of Topliss-reactive ketones (excluding diaryl/α,β-unsaturated/α-hetero) is 1. The van der Waals surface area contributed by atoms with E-state index in [9.17, 15) is 19.2 Å². The number of carbonyl (C=O) groups excluding carboxylic acids is 4. The Balaban J connectivity index is 1.49. The number of likely N-dealkylation sites (N-methyl/N-ethyl adjacent to an activating group) is 1. The Hall–Kier alpha value is -3.79. The topological polar surface area (TPSA) is 108 Å². The minimum Gasteiger partial charge on any atom is -0.497 e. The van der Waals surface area contributed by atoms with Gasteiger partial charge in [0, 0.05) is 56.8 Å². The molecule has 4 rings (SSSR count). The third-order valence-corrected chi connectivity index (χ3v) is 10.1. The second-order valence-electron chi connectivity index (χ2n) is 13.2. The Morgan fingerprint density at radius 2 is 1.57 bits per heavy atom. The number of hydrogen-bond acceptors (Lipinski definition) is 6. The number of halogens is 1. The molecule has 1 saturated carbocycles. The van der Waals surface area contributed by atoms with Crippen LogP contribution < -0.4 is 15.4 Å². The molecule has 4 atom stereocenters. The molecule has 0 aromatic heterocycles. The largest absolute Gasteiger partial charge is 0.497 e. The molecule has 9 nitrogen and oxygen atoms in total. The number of rotatable bonds is 13. The average molecular weight is 651 g/mol. The Bertz CT molecular complexity index is 1390. The van der Waals surface area contributed by atoms with E-state index >= 15 is 4.39 Å². The summed E-state index contributed by atoms with van der Waals surface area (Å²) < 4.78 is 20.9. The van der Waals surface area contributed by atoms with E-state index in [-0.39, 0.29) is 48.0 Å². The van der Waals surface area contributed by atoms with Gasteiger partial charge >= 0.3 is 0 Å². The zero-order valence-corrected chi connectivity index (χ0v) is 28.5. The molecule has 47 heavy (non-hydrogen) atoms. The van der Waals surface area contributed by atoms with E-state index < -0.39 is 29.6 Å². The highest BCUT2D eigenvalue weighted by Gasteiger charge is 2.35. The number of nitrogens with zero attached hydrogens (tertiary/aromatic N) is 2. The van der Waals surface area contributed by atoms with Crippen molar-refractivity contribution in [2.75, 3.05) is 45.7 Å². The van der Waals surface area contributed by atoms with Crippen molar-refractivity contribution in [3.05, 3.63) is 59.4 Å². The van der Waals surface area contributed by atoms with Crippen molar-refractivity contribution in [3.8, 4) is 5.75 Å². The minimum atomic E-state index is -0.847. The summed E-state index contributed by atoms with van der Waals surface area (Å²) in [6.07, 6.45) is 5.11. The fourth-order valence-corrected chi connectivity index (χ4v) is 6.72. The van der Waals surface area contributed by atoms with Crippen LogP contribution in [0.15, 0.2) is 42.5 Å². The van der Waals surface area contributed by atoms with Crippen molar-refractivity contribution in [2.24, 2.45) is 11.8 Å². The molecule has 1 aliphatic heterocycles. The molecule has 0 radical (unpaired) electrons. The maximum absolute atomic E-state index is 15.7. The number of ether oxygens (including phenoxy) is 1. The summed E-state index contributed by atoms with van der Waals surface area (Å²) in [6, 6.07) is 11.1. The molecule has 1 heterocycles. The van der Waals surface area contributed by atoms with Crippen LogP contribution in [0.5, 0.6) is 5.75 Å². The van der Waals surface area contributed by atoms with Crippen molar-refractivity contribution < 1.29 is 28.3 Å². The van der Waals surface area contributed by atoms with Gasteiger partial charge in [0.1, 0.15) is 23.4 Å². The number of amides is 3. The maximum Gasteiger partial charge on any atom is 0.245 e. The van der Waals surface area contributed by atoms with Crippen molar-refractivity contribution in [1.29, 1.82) is 0 Å². The Morgan fingerprint density at radius 1 is 0.936 bits per heavy atom. The first-order valence-corrected chi connectivity index (χ1v) is 17.1. The van der Waals surface area contributed by atoms with Crippen molar-refractivity contribution in [2.45, 2.75) is 83.6 Å². The molecule has 1 saturated heterocycles. The van der Waals surface area contributed by atoms with Crippen LogP contribution in [0.25, 0.3) is 0 Å². The van der Waals surface area contributed by atoms with Gasteiger partial charge in [-0.2, -0.15) is 0 Å². The predicted molar refractivity (Wildman–Crippen MR) is 181 cm³/mol. The molecule has 2 aromatic carbocycles. The molecule has 2 aliphatic rings. The van der Waals surface area contributed by atoms with Crippen molar-refractivity contribution in [3.63, 3.8) is 0 Å². The molecule has 0 spiro atoms. The van der Waals surface area contributed by atoms with E-state index in [0.717, 1.165) is 50.8 Å². The smallest absolute Gasteiger partial charge is 0.245 e. The molecule has 3 amide bonds. The number of nitrogens with one attached hydrogen (secondary N) is 2. The quantitative estimate of drug-likeness (QED) is 0.296. The van der Waals surface area contributed by atoms with E-state index in [1.54, 1.807) is 31.9 Å². The lowest BCUT2D eigenvalue weighted by molar-refractivity contribution is -0.138. The standard InChI is InChI=1S/C37H51FN4O5/c1-6-34(44)40-35(37(46)42-20-18-41(4)19-21-42)25(3)28-14-17-32(31(38)22-28)39-36(45)30(27-10-8-7-9-11-27)23-33(43)24(2)26-12-15-29(47-5)16-13-26/h12-17,22,24-25,27,30,35H,6-11,18-21,23H2,1-5H3,(H,39,45)(H,40,44)/t24-,25-,30-,35+/m0/s1. The van der Waals surface area contributed by atoms with Gasteiger partial charge < -0.3 is 25.2 Å². The zero-order valence-electron chi connectivity index (χ0n) is 28.5. The first kappa shape index (κ1) is 36.1. The number of hydrogen-bond donors (Lipinski definition) is 2. The van der Waals surface area contributed by atoms with E-state index in [4.69, 9.17) is 4.74 Å². The summed E-state index contributed by atoms with van der Waals surface area (Å²) in [6.45, 7) is 7.98. The van der Waals surface area contributed by atoms with Crippen LogP contribution in [0.1, 0.15) is 88.7 Å². The van der Waals surface area contributed by atoms with Crippen LogP contribution in [0.4, 0.5) is 10.1 Å². The van der Waals surface area contributed by atoms with Crippen LogP contribution in [0.3, 0.4) is 0 Å². The van der Waals surface area contributed by atoms with Gasteiger partial charge in [-0.05, 0) is 61.2 Å². The lowest BCUT2D eigenvalue weighted by atomic mass is 9.76. The predicted octanol–water partition coefficient (Wildman–Crippen LogP) is 5.50. The number of carbonyl (C=O) groups is 4. The lowest BCUT2D eigenvalue weighted by Gasteiger charge is -2.36. The third-order valence-electron chi connectivity index (χ3n) is 10.1. The van der Waals surface area contributed by atoms with Crippen LogP contribution in [-0.4, -0.2) is 79.7 Å². The normalized spacial score (nSPS) is 18.5. The molecule has 1 aliphatic carbocycles.